The summed E-state index contributed by atoms with van der Waals surface area (Å²) in [5.74, 6) is -0.701. The van der Waals surface area contributed by atoms with Gasteiger partial charge in [0.15, 0.2) is 6.29 Å². The summed E-state index contributed by atoms with van der Waals surface area (Å²) in [6, 6.07) is -1.19. The second-order valence-corrected chi connectivity index (χ2v) is 25.7. The van der Waals surface area contributed by atoms with E-state index in [4.69, 9.17) is 9.47 Å². The summed E-state index contributed by atoms with van der Waals surface area (Å²) in [6.45, 7) is 3.50. The molecule has 0 aromatic heterocycles. The molecule has 9 unspecified atom stereocenters. The van der Waals surface area contributed by atoms with Crippen molar-refractivity contribution in [1.82, 2.24) is 5.32 Å². The third kappa shape index (κ3) is 48.3. The SMILES string of the molecule is CCCCCCCCCCC/C=C\C/C=C\CCCCCCCCCCCCCCCCC(O)C(=O)NC(COC1OC(CO)C(O)C(O)C1O)C(O)C(O)CCC/C=C/CCCCCCCCCCCCCCCCCCCCCCCC. The molecule has 496 valence electrons. The van der Waals surface area contributed by atoms with Gasteiger partial charge in [0.1, 0.15) is 36.6 Å². The number of allylic oxidation sites excluding steroid dienone is 6. The monoisotopic (exact) mass is 1190 g/mol. The molecule has 11 nitrogen and oxygen atoms in total. The van der Waals surface area contributed by atoms with Crippen LogP contribution < -0.4 is 5.32 Å². The van der Waals surface area contributed by atoms with Crippen molar-refractivity contribution in [3.63, 3.8) is 0 Å². The van der Waals surface area contributed by atoms with Gasteiger partial charge >= 0.3 is 0 Å². The Kier molecular flexibility index (Phi) is 58.9. The number of ether oxygens (including phenoxy) is 2. The lowest BCUT2D eigenvalue weighted by atomic mass is 9.98. The van der Waals surface area contributed by atoms with Crippen molar-refractivity contribution in [2.24, 2.45) is 0 Å². The first-order chi connectivity index (χ1) is 41.2. The Balaban J connectivity index is 2.20. The molecule has 1 aliphatic rings. The van der Waals surface area contributed by atoms with Crippen LogP contribution in [-0.2, 0) is 14.3 Å². The minimum atomic E-state index is -1.67. The van der Waals surface area contributed by atoms with Crippen LogP contribution in [0.1, 0.15) is 354 Å². The van der Waals surface area contributed by atoms with Crippen LogP contribution in [0.2, 0.25) is 0 Å². The molecule has 84 heavy (non-hydrogen) atoms. The van der Waals surface area contributed by atoms with Crippen molar-refractivity contribution in [1.29, 1.82) is 0 Å². The molecule has 8 N–H and O–H groups in total. The number of aliphatic hydroxyl groups excluding tert-OH is 7. The summed E-state index contributed by atoms with van der Waals surface area (Å²) < 4.78 is 11.2. The van der Waals surface area contributed by atoms with Gasteiger partial charge < -0.3 is 50.5 Å². The summed E-state index contributed by atoms with van der Waals surface area (Å²) in [4.78, 5) is 13.3. The number of amides is 1. The van der Waals surface area contributed by atoms with Gasteiger partial charge in [-0.1, -0.05) is 320 Å². The molecule has 1 heterocycles. The number of rotatable bonds is 64. The average molecular weight is 1190 g/mol. The summed E-state index contributed by atoms with van der Waals surface area (Å²) >= 11 is 0. The molecule has 1 rings (SSSR count). The number of nitrogens with one attached hydrogen (secondary N) is 1. The van der Waals surface area contributed by atoms with Crippen LogP contribution in [0.4, 0.5) is 0 Å². The minimum absolute atomic E-state index is 0.254. The first kappa shape index (κ1) is 80.3. The smallest absolute Gasteiger partial charge is 0.249 e. The molecule has 9 atom stereocenters. The lowest BCUT2D eigenvalue weighted by molar-refractivity contribution is -0.303. The highest BCUT2D eigenvalue weighted by Gasteiger charge is 2.44. The number of carbonyl (C=O) groups is 1. The standard InChI is InChI=1S/C73H139NO10/c1-3-5-7-9-11-13-15-17-19-21-23-25-27-29-31-32-33-35-37-39-41-43-45-47-49-51-53-55-57-59-61-66(77)72(82)74-64(63-83-73-71(81)70(80)69(79)67(62-75)84-73)68(78)65(76)60-58-56-54-52-50-48-46-44-42-40-38-36-34-30-28-26-24-22-20-18-16-14-12-10-8-6-4-2/h23,25,29,31,52,54,64-71,73,75-81H,3-22,24,26-28,30,32-51,53,55-63H2,1-2H3,(H,74,82)/b25-23-,31-29-,54-52+. The van der Waals surface area contributed by atoms with Gasteiger partial charge in [0.25, 0.3) is 0 Å². The van der Waals surface area contributed by atoms with Gasteiger partial charge in [0.2, 0.25) is 5.91 Å². The molecule has 1 amide bonds. The molecule has 0 aliphatic carbocycles. The predicted molar refractivity (Wildman–Crippen MR) is 353 cm³/mol. The Morgan fingerprint density at radius 3 is 1.10 bits per heavy atom. The molecule has 1 fully saturated rings. The normalized spacial score (nSPS) is 19.1. The molecule has 0 bridgehead atoms. The van der Waals surface area contributed by atoms with Crippen molar-refractivity contribution in [3.05, 3.63) is 36.5 Å². The van der Waals surface area contributed by atoms with Crippen molar-refractivity contribution >= 4 is 5.91 Å². The van der Waals surface area contributed by atoms with Crippen LogP contribution in [-0.4, -0.2) is 110 Å². The fraction of sp³-hybridized carbons (Fsp3) is 0.904. The van der Waals surface area contributed by atoms with Crippen LogP contribution in [0.5, 0.6) is 0 Å². The molecule has 0 radical (unpaired) electrons. The van der Waals surface area contributed by atoms with E-state index in [1.807, 2.05) is 0 Å². The van der Waals surface area contributed by atoms with Gasteiger partial charge in [-0.05, 0) is 70.6 Å². The second-order valence-electron chi connectivity index (χ2n) is 25.7. The Morgan fingerprint density at radius 2 is 0.738 bits per heavy atom. The van der Waals surface area contributed by atoms with E-state index in [2.05, 4.69) is 55.6 Å². The van der Waals surface area contributed by atoms with E-state index in [0.29, 0.717) is 12.8 Å². The topological polar surface area (TPSA) is 189 Å². The molecule has 0 aromatic rings. The maximum atomic E-state index is 13.3. The highest BCUT2D eigenvalue weighted by molar-refractivity contribution is 5.80. The first-order valence-corrected chi connectivity index (χ1v) is 36.4. The van der Waals surface area contributed by atoms with Crippen LogP contribution in [0, 0.1) is 0 Å². The number of hydrogen-bond donors (Lipinski definition) is 8. The molecule has 0 saturated carbocycles. The Morgan fingerprint density at radius 1 is 0.417 bits per heavy atom. The highest BCUT2D eigenvalue weighted by Crippen LogP contribution is 2.24. The van der Waals surface area contributed by atoms with Gasteiger partial charge in [-0.25, -0.2) is 0 Å². The maximum Gasteiger partial charge on any atom is 0.249 e. The molecule has 11 heteroatoms. The van der Waals surface area contributed by atoms with Gasteiger partial charge in [-0.2, -0.15) is 0 Å². The van der Waals surface area contributed by atoms with Crippen LogP contribution >= 0.6 is 0 Å². The second kappa shape index (κ2) is 61.6. The van der Waals surface area contributed by atoms with Gasteiger partial charge in [-0.3, -0.25) is 4.79 Å². The molecular weight excluding hydrogens is 1050 g/mol. The van der Waals surface area contributed by atoms with E-state index in [9.17, 15) is 40.5 Å². The van der Waals surface area contributed by atoms with E-state index in [1.54, 1.807) is 0 Å². The van der Waals surface area contributed by atoms with Gasteiger partial charge in [0, 0.05) is 0 Å². The molecule has 1 aliphatic heterocycles. The van der Waals surface area contributed by atoms with Crippen LogP contribution in [0.15, 0.2) is 36.5 Å². The highest BCUT2D eigenvalue weighted by atomic mass is 16.7. The Bertz CT molecular complexity index is 1460. The minimum Gasteiger partial charge on any atom is -0.394 e. The fourth-order valence-electron chi connectivity index (χ4n) is 11.8. The van der Waals surface area contributed by atoms with E-state index < -0.39 is 74.2 Å². The van der Waals surface area contributed by atoms with Crippen molar-refractivity contribution < 1.29 is 50.0 Å². The van der Waals surface area contributed by atoms with E-state index in [-0.39, 0.29) is 12.8 Å². The van der Waals surface area contributed by atoms with Gasteiger partial charge in [-0.15, -0.1) is 0 Å². The summed E-state index contributed by atoms with van der Waals surface area (Å²) in [7, 11) is 0. The fourth-order valence-corrected chi connectivity index (χ4v) is 11.8. The third-order valence-corrected chi connectivity index (χ3v) is 17.7. The van der Waals surface area contributed by atoms with Crippen molar-refractivity contribution in [2.45, 2.75) is 409 Å². The molecular formula is C73H139NO10. The Hall–Kier alpha value is -1.67. The number of unbranched alkanes of at least 4 members (excludes halogenated alkanes) is 46. The zero-order valence-corrected chi connectivity index (χ0v) is 54.9. The molecule has 0 spiro atoms. The quantitative estimate of drug-likeness (QED) is 0.0215. The first-order valence-electron chi connectivity index (χ1n) is 36.4. The lowest BCUT2D eigenvalue weighted by Crippen LogP contribution is -2.60. The summed E-state index contributed by atoms with van der Waals surface area (Å²) in [5.41, 5.74) is 0. The third-order valence-electron chi connectivity index (χ3n) is 17.7. The maximum absolute atomic E-state index is 13.3. The Labute approximate surface area is 517 Å². The van der Waals surface area contributed by atoms with Crippen LogP contribution in [0.25, 0.3) is 0 Å². The van der Waals surface area contributed by atoms with Crippen molar-refractivity contribution in [2.75, 3.05) is 13.2 Å². The average Bonchev–Trinajstić information content (AvgIpc) is 3.66. The predicted octanol–water partition coefficient (Wildman–Crippen LogP) is 17.8. The number of hydrogen-bond acceptors (Lipinski definition) is 10. The largest absolute Gasteiger partial charge is 0.394 e. The summed E-state index contributed by atoms with van der Waals surface area (Å²) in [5, 5.41) is 76.5. The number of carbonyl (C=O) groups excluding carboxylic acids is 1. The zero-order valence-electron chi connectivity index (χ0n) is 54.9. The zero-order chi connectivity index (χ0) is 61.0. The number of aliphatic hydroxyl groups is 7. The van der Waals surface area contributed by atoms with E-state index >= 15 is 0 Å². The van der Waals surface area contributed by atoms with Gasteiger partial charge in [0.05, 0.1) is 25.4 Å². The summed E-state index contributed by atoms with van der Waals surface area (Å²) in [6.07, 6.45) is 68.1. The van der Waals surface area contributed by atoms with E-state index in [1.165, 1.54) is 270 Å². The van der Waals surface area contributed by atoms with Crippen molar-refractivity contribution in [3.8, 4) is 0 Å². The molecule has 1 saturated heterocycles. The molecule has 0 aromatic carbocycles. The van der Waals surface area contributed by atoms with E-state index in [0.717, 1.165) is 44.9 Å². The van der Waals surface area contributed by atoms with Crippen LogP contribution in [0.3, 0.4) is 0 Å². The lowest BCUT2D eigenvalue weighted by Gasteiger charge is -2.40.